The van der Waals surface area contributed by atoms with Crippen molar-refractivity contribution in [3.05, 3.63) is 60.2 Å². The summed E-state index contributed by atoms with van der Waals surface area (Å²) in [5.41, 5.74) is 2.61. The first kappa shape index (κ1) is 16.7. The Bertz CT molecular complexity index is 1150. The number of nitrogens with zero attached hydrogens (tertiary/aromatic N) is 3. The quantitative estimate of drug-likeness (QED) is 0.591. The molecule has 1 saturated heterocycles. The van der Waals surface area contributed by atoms with E-state index in [0.717, 1.165) is 11.0 Å². The molecule has 0 radical (unpaired) electrons. The molecule has 2 aromatic carbocycles. The highest BCUT2D eigenvalue weighted by atomic mass is 16.5. The minimum atomic E-state index is -0.249. The normalized spacial score (nSPS) is 14.5. The van der Waals surface area contributed by atoms with Crippen molar-refractivity contribution < 1.29 is 13.9 Å². The number of hydrogen-bond donors (Lipinski definition) is 1. The fourth-order valence-corrected chi connectivity index (χ4v) is 3.39. The molecule has 3 heterocycles. The number of carbonyl (C=O) groups excluding carboxylic acids is 1. The van der Waals surface area contributed by atoms with Crippen molar-refractivity contribution >= 4 is 39.7 Å². The first-order valence-electron chi connectivity index (χ1n) is 9.18. The van der Waals surface area contributed by atoms with Crippen molar-refractivity contribution in [3.8, 4) is 0 Å². The van der Waals surface area contributed by atoms with Gasteiger partial charge in [-0.1, -0.05) is 30.3 Å². The van der Waals surface area contributed by atoms with Crippen molar-refractivity contribution in [2.45, 2.75) is 0 Å². The monoisotopic (exact) mass is 374 g/mol. The number of hydrogen-bond acceptors (Lipinski definition) is 6. The van der Waals surface area contributed by atoms with E-state index in [1.807, 2.05) is 42.5 Å². The van der Waals surface area contributed by atoms with Gasteiger partial charge in [0, 0.05) is 24.0 Å². The maximum atomic E-state index is 12.6. The van der Waals surface area contributed by atoms with E-state index < -0.39 is 0 Å². The highest BCUT2D eigenvalue weighted by molar-refractivity contribution is 6.08. The molecule has 0 aliphatic carbocycles. The lowest BCUT2D eigenvalue weighted by molar-refractivity contribution is 0.102. The predicted octanol–water partition coefficient (Wildman–Crippen LogP) is 3.46. The SMILES string of the molecule is O=C(Nc1nc(N2CCOCC2)c2oc3ccccc3c2n1)c1ccccc1. The summed E-state index contributed by atoms with van der Waals surface area (Å²) in [6.45, 7) is 2.65. The van der Waals surface area contributed by atoms with Crippen molar-refractivity contribution in [1.82, 2.24) is 9.97 Å². The molecule has 140 valence electrons. The summed E-state index contributed by atoms with van der Waals surface area (Å²) in [6.07, 6.45) is 0. The van der Waals surface area contributed by atoms with Crippen LogP contribution < -0.4 is 10.2 Å². The van der Waals surface area contributed by atoms with E-state index in [4.69, 9.17) is 9.15 Å². The first-order valence-corrected chi connectivity index (χ1v) is 9.18. The number of para-hydroxylation sites is 1. The number of nitrogens with one attached hydrogen (secondary N) is 1. The fourth-order valence-electron chi connectivity index (χ4n) is 3.39. The summed E-state index contributed by atoms with van der Waals surface area (Å²) in [7, 11) is 0. The van der Waals surface area contributed by atoms with Gasteiger partial charge in [0.25, 0.3) is 5.91 Å². The molecule has 0 unspecified atom stereocenters. The van der Waals surface area contributed by atoms with Gasteiger partial charge < -0.3 is 14.1 Å². The Labute approximate surface area is 160 Å². The molecule has 0 atom stereocenters. The topological polar surface area (TPSA) is 80.5 Å². The van der Waals surface area contributed by atoms with Crippen LogP contribution in [-0.4, -0.2) is 42.2 Å². The molecular formula is C21H18N4O3. The van der Waals surface area contributed by atoms with E-state index in [0.29, 0.717) is 48.8 Å². The summed E-state index contributed by atoms with van der Waals surface area (Å²) >= 11 is 0. The summed E-state index contributed by atoms with van der Waals surface area (Å²) in [4.78, 5) is 23.9. The first-order chi connectivity index (χ1) is 13.8. The van der Waals surface area contributed by atoms with Gasteiger partial charge in [-0.3, -0.25) is 10.1 Å². The van der Waals surface area contributed by atoms with Gasteiger partial charge in [-0.05, 0) is 24.3 Å². The zero-order valence-electron chi connectivity index (χ0n) is 15.1. The smallest absolute Gasteiger partial charge is 0.258 e. The van der Waals surface area contributed by atoms with Gasteiger partial charge in [0.2, 0.25) is 5.95 Å². The van der Waals surface area contributed by atoms with Gasteiger partial charge in [0.1, 0.15) is 11.1 Å². The minimum absolute atomic E-state index is 0.249. The molecule has 1 aliphatic rings. The van der Waals surface area contributed by atoms with Gasteiger partial charge in [-0.25, -0.2) is 4.98 Å². The molecule has 5 rings (SSSR count). The summed E-state index contributed by atoms with van der Waals surface area (Å²) < 4.78 is 11.5. The van der Waals surface area contributed by atoms with Crippen LogP contribution >= 0.6 is 0 Å². The van der Waals surface area contributed by atoms with E-state index >= 15 is 0 Å². The number of rotatable bonds is 3. The second-order valence-electron chi connectivity index (χ2n) is 6.57. The largest absolute Gasteiger partial charge is 0.450 e. The Hall–Kier alpha value is -3.45. The van der Waals surface area contributed by atoms with Gasteiger partial charge in [0.05, 0.1) is 13.2 Å². The third-order valence-electron chi connectivity index (χ3n) is 4.77. The fraction of sp³-hybridized carbons (Fsp3) is 0.190. The molecule has 2 aromatic heterocycles. The predicted molar refractivity (Wildman–Crippen MR) is 107 cm³/mol. The second kappa shape index (κ2) is 6.94. The molecule has 4 aromatic rings. The minimum Gasteiger partial charge on any atom is -0.450 e. The number of carbonyl (C=O) groups is 1. The number of benzene rings is 2. The number of fused-ring (bicyclic) bond motifs is 3. The van der Waals surface area contributed by atoms with E-state index in [1.165, 1.54) is 0 Å². The van der Waals surface area contributed by atoms with Crippen LogP contribution in [-0.2, 0) is 4.74 Å². The molecule has 0 bridgehead atoms. The number of anilines is 2. The Morgan fingerprint density at radius 1 is 0.964 bits per heavy atom. The van der Waals surface area contributed by atoms with Gasteiger partial charge in [-0.2, -0.15) is 4.98 Å². The number of morpholine rings is 1. The van der Waals surface area contributed by atoms with Crippen LogP contribution in [0.2, 0.25) is 0 Å². The van der Waals surface area contributed by atoms with Crippen LogP contribution in [0, 0.1) is 0 Å². The molecule has 7 heteroatoms. The maximum Gasteiger partial charge on any atom is 0.258 e. The van der Waals surface area contributed by atoms with Crippen LogP contribution in [0.5, 0.6) is 0 Å². The molecular weight excluding hydrogens is 356 g/mol. The lowest BCUT2D eigenvalue weighted by atomic mass is 10.2. The average Bonchev–Trinajstić information content (AvgIpc) is 3.13. The van der Waals surface area contributed by atoms with Crippen LogP contribution in [0.1, 0.15) is 10.4 Å². The van der Waals surface area contributed by atoms with Crippen molar-refractivity contribution in [2.75, 3.05) is 36.5 Å². The highest BCUT2D eigenvalue weighted by Gasteiger charge is 2.22. The van der Waals surface area contributed by atoms with Crippen LogP contribution in [0.4, 0.5) is 11.8 Å². The summed E-state index contributed by atoms with van der Waals surface area (Å²) in [5, 5.41) is 3.72. The standard InChI is InChI=1S/C21H18N4O3/c26-20(14-6-2-1-3-7-14)24-21-22-17-15-8-4-5-9-16(15)28-18(17)19(23-21)25-10-12-27-13-11-25/h1-9H,10-13H2,(H,22,23,24,26). The zero-order chi connectivity index (χ0) is 18.9. The van der Waals surface area contributed by atoms with Crippen molar-refractivity contribution in [3.63, 3.8) is 0 Å². The number of amides is 1. The average molecular weight is 374 g/mol. The van der Waals surface area contributed by atoms with Crippen molar-refractivity contribution in [1.29, 1.82) is 0 Å². The molecule has 1 fully saturated rings. The van der Waals surface area contributed by atoms with Gasteiger partial charge in [0.15, 0.2) is 11.4 Å². The lowest BCUT2D eigenvalue weighted by Crippen LogP contribution is -2.37. The van der Waals surface area contributed by atoms with E-state index in [-0.39, 0.29) is 11.9 Å². The lowest BCUT2D eigenvalue weighted by Gasteiger charge is -2.27. The maximum absolute atomic E-state index is 12.6. The summed E-state index contributed by atoms with van der Waals surface area (Å²) in [6, 6.07) is 16.7. The van der Waals surface area contributed by atoms with E-state index in [9.17, 15) is 4.79 Å². The number of aromatic nitrogens is 2. The van der Waals surface area contributed by atoms with Gasteiger partial charge >= 0.3 is 0 Å². The Balaban J connectivity index is 1.62. The second-order valence-corrected chi connectivity index (χ2v) is 6.57. The Kier molecular flexibility index (Phi) is 4.14. The third kappa shape index (κ3) is 2.95. The molecule has 1 aliphatic heterocycles. The van der Waals surface area contributed by atoms with Gasteiger partial charge in [-0.15, -0.1) is 0 Å². The summed E-state index contributed by atoms with van der Waals surface area (Å²) in [5.74, 6) is 0.683. The van der Waals surface area contributed by atoms with Crippen LogP contribution in [0.3, 0.4) is 0 Å². The Morgan fingerprint density at radius 2 is 1.71 bits per heavy atom. The molecule has 1 N–H and O–H groups in total. The van der Waals surface area contributed by atoms with Crippen LogP contribution in [0.25, 0.3) is 22.1 Å². The molecule has 7 nitrogen and oxygen atoms in total. The molecule has 1 amide bonds. The highest BCUT2D eigenvalue weighted by Crippen LogP contribution is 2.34. The van der Waals surface area contributed by atoms with Crippen molar-refractivity contribution in [2.24, 2.45) is 0 Å². The van der Waals surface area contributed by atoms with E-state index in [2.05, 4.69) is 20.2 Å². The third-order valence-corrected chi connectivity index (χ3v) is 4.77. The zero-order valence-corrected chi connectivity index (χ0v) is 15.1. The molecule has 0 spiro atoms. The molecule has 0 saturated carbocycles. The molecule has 28 heavy (non-hydrogen) atoms. The Morgan fingerprint density at radius 3 is 2.54 bits per heavy atom. The van der Waals surface area contributed by atoms with E-state index in [1.54, 1.807) is 12.1 Å². The number of ether oxygens (including phenoxy) is 1. The van der Waals surface area contributed by atoms with Crippen LogP contribution in [0.15, 0.2) is 59.0 Å². The number of furan rings is 1.